The molecule has 3 atom stereocenters. The molecule has 0 saturated heterocycles. The predicted molar refractivity (Wildman–Crippen MR) is 52.2 cm³/mol. The second-order valence-electron chi connectivity index (χ2n) is 4.73. The number of hydrogen-bond donors (Lipinski definition) is 1. The highest BCUT2D eigenvalue weighted by Gasteiger charge is 2.64. The van der Waals surface area contributed by atoms with Crippen molar-refractivity contribution in [3.63, 3.8) is 0 Å². The zero-order valence-electron chi connectivity index (χ0n) is 8.60. The molecule has 0 bridgehead atoms. The lowest BCUT2D eigenvalue weighted by atomic mass is 9.90. The Labute approximate surface area is 80.1 Å². The smallest absolute Gasteiger partial charge is 0.223 e. The first-order valence-corrected chi connectivity index (χ1v) is 5.48. The average Bonchev–Trinajstić information content (AvgIpc) is 2.71. The van der Waals surface area contributed by atoms with Crippen LogP contribution in [0.3, 0.4) is 0 Å². The molecule has 2 heteroatoms. The Balaban J connectivity index is 1.99. The van der Waals surface area contributed by atoms with Crippen LogP contribution in [0.4, 0.5) is 0 Å². The van der Waals surface area contributed by atoms with Crippen LogP contribution in [-0.2, 0) is 4.79 Å². The van der Waals surface area contributed by atoms with Crippen LogP contribution in [0.1, 0.15) is 39.5 Å². The van der Waals surface area contributed by atoms with Gasteiger partial charge in [-0.05, 0) is 31.1 Å². The van der Waals surface area contributed by atoms with E-state index in [0.717, 1.165) is 6.54 Å². The summed E-state index contributed by atoms with van der Waals surface area (Å²) >= 11 is 0. The maximum Gasteiger partial charge on any atom is 0.223 e. The van der Waals surface area contributed by atoms with Crippen molar-refractivity contribution in [1.29, 1.82) is 0 Å². The molecule has 1 amide bonds. The van der Waals surface area contributed by atoms with E-state index in [9.17, 15) is 4.79 Å². The lowest BCUT2D eigenvalue weighted by Crippen LogP contribution is -2.26. The first-order valence-electron chi connectivity index (χ1n) is 5.48. The Hall–Kier alpha value is -0.530. The van der Waals surface area contributed by atoms with E-state index in [0.29, 0.717) is 23.2 Å². The molecule has 2 saturated carbocycles. The van der Waals surface area contributed by atoms with Gasteiger partial charge in [0.2, 0.25) is 5.91 Å². The number of nitrogens with one attached hydrogen (secondary N) is 1. The molecule has 74 valence electrons. The molecule has 0 radical (unpaired) electrons. The highest BCUT2D eigenvalue weighted by atomic mass is 16.2. The second-order valence-corrected chi connectivity index (χ2v) is 4.73. The molecular weight excluding hydrogens is 162 g/mol. The Morgan fingerprint density at radius 2 is 2.31 bits per heavy atom. The summed E-state index contributed by atoms with van der Waals surface area (Å²) in [6, 6.07) is 0. The van der Waals surface area contributed by atoms with Gasteiger partial charge in [0.25, 0.3) is 0 Å². The van der Waals surface area contributed by atoms with E-state index in [1.807, 2.05) is 6.92 Å². The molecule has 2 nitrogen and oxygen atoms in total. The van der Waals surface area contributed by atoms with Crippen LogP contribution in [0.5, 0.6) is 0 Å². The van der Waals surface area contributed by atoms with Crippen LogP contribution < -0.4 is 5.32 Å². The summed E-state index contributed by atoms with van der Waals surface area (Å²) in [6.07, 6.45) is 5.19. The third-order valence-electron chi connectivity index (χ3n) is 3.96. The first-order chi connectivity index (χ1) is 6.20. The molecule has 0 aromatic rings. The molecule has 2 aliphatic rings. The highest BCUT2D eigenvalue weighted by molar-refractivity contribution is 5.83. The lowest BCUT2D eigenvalue weighted by molar-refractivity contribution is -0.123. The molecule has 2 rings (SSSR count). The van der Waals surface area contributed by atoms with E-state index < -0.39 is 0 Å². The van der Waals surface area contributed by atoms with Crippen molar-refractivity contribution < 1.29 is 4.79 Å². The molecule has 13 heavy (non-hydrogen) atoms. The zero-order valence-corrected chi connectivity index (χ0v) is 8.60. The topological polar surface area (TPSA) is 29.1 Å². The van der Waals surface area contributed by atoms with Gasteiger partial charge in [0.05, 0.1) is 0 Å². The van der Waals surface area contributed by atoms with Gasteiger partial charge in [0.1, 0.15) is 0 Å². The molecule has 0 spiro atoms. The average molecular weight is 181 g/mol. The Morgan fingerprint density at radius 3 is 2.85 bits per heavy atom. The second kappa shape index (κ2) is 3.00. The van der Waals surface area contributed by atoms with E-state index in [-0.39, 0.29) is 0 Å². The van der Waals surface area contributed by atoms with Gasteiger partial charge in [0.15, 0.2) is 0 Å². The van der Waals surface area contributed by atoms with Crippen LogP contribution >= 0.6 is 0 Å². The number of carbonyl (C=O) groups excluding carboxylic acids is 1. The van der Waals surface area contributed by atoms with Gasteiger partial charge in [-0.2, -0.15) is 0 Å². The van der Waals surface area contributed by atoms with Gasteiger partial charge in [0, 0.05) is 12.5 Å². The van der Waals surface area contributed by atoms with E-state index in [2.05, 4.69) is 12.2 Å². The number of carbonyl (C=O) groups is 1. The molecular formula is C11H19NO. The van der Waals surface area contributed by atoms with Crippen LogP contribution in [0, 0.1) is 17.3 Å². The fraction of sp³-hybridized carbons (Fsp3) is 0.909. The molecule has 0 aromatic carbocycles. The molecule has 3 unspecified atom stereocenters. The largest absolute Gasteiger partial charge is 0.356 e. The number of hydrogen-bond acceptors (Lipinski definition) is 1. The first kappa shape index (κ1) is 9.04. The summed E-state index contributed by atoms with van der Waals surface area (Å²) in [4.78, 5) is 11.7. The third kappa shape index (κ3) is 1.27. The Kier molecular flexibility index (Phi) is 2.09. The minimum atomic E-state index is 0.303. The van der Waals surface area contributed by atoms with Crippen LogP contribution in [-0.4, -0.2) is 12.5 Å². The van der Waals surface area contributed by atoms with Gasteiger partial charge in [-0.1, -0.05) is 19.8 Å². The summed E-state index contributed by atoms with van der Waals surface area (Å²) in [7, 11) is 0. The van der Waals surface area contributed by atoms with Crippen molar-refractivity contribution in [2.75, 3.05) is 6.54 Å². The Bertz CT molecular complexity index is 226. The SMILES string of the molecule is CCNC(=O)C1C2CCCCC21C. The summed E-state index contributed by atoms with van der Waals surface area (Å²) < 4.78 is 0. The fourth-order valence-electron chi connectivity index (χ4n) is 3.13. The number of amides is 1. The van der Waals surface area contributed by atoms with Crippen molar-refractivity contribution in [1.82, 2.24) is 5.32 Å². The minimum Gasteiger partial charge on any atom is -0.356 e. The summed E-state index contributed by atoms with van der Waals surface area (Å²) in [6.45, 7) is 5.06. The summed E-state index contributed by atoms with van der Waals surface area (Å²) in [5.41, 5.74) is 0.373. The molecule has 2 fully saturated rings. The molecule has 0 aliphatic heterocycles. The normalized spacial score (nSPS) is 42.3. The van der Waals surface area contributed by atoms with Gasteiger partial charge in [-0.15, -0.1) is 0 Å². The summed E-state index contributed by atoms with van der Waals surface area (Å²) in [5.74, 6) is 1.35. The van der Waals surface area contributed by atoms with Crippen LogP contribution in [0.2, 0.25) is 0 Å². The third-order valence-corrected chi connectivity index (χ3v) is 3.96. The van der Waals surface area contributed by atoms with Gasteiger partial charge in [-0.25, -0.2) is 0 Å². The van der Waals surface area contributed by atoms with Gasteiger partial charge >= 0.3 is 0 Å². The zero-order chi connectivity index (χ0) is 9.47. The van der Waals surface area contributed by atoms with E-state index >= 15 is 0 Å². The summed E-state index contributed by atoms with van der Waals surface area (Å²) in [5, 5.41) is 2.95. The van der Waals surface area contributed by atoms with Crippen LogP contribution in [0.15, 0.2) is 0 Å². The maximum atomic E-state index is 11.7. The predicted octanol–water partition coefficient (Wildman–Crippen LogP) is 1.95. The van der Waals surface area contributed by atoms with E-state index in [1.165, 1.54) is 25.7 Å². The van der Waals surface area contributed by atoms with Crippen molar-refractivity contribution in [2.24, 2.45) is 17.3 Å². The van der Waals surface area contributed by atoms with Crippen molar-refractivity contribution >= 4 is 5.91 Å². The van der Waals surface area contributed by atoms with E-state index in [4.69, 9.17) is 0 Å². The standard InChI is InChI=1S/C11H19NO/c1-3-12-10(13)9-8-6-4-5-7-11(8,9)2/h8-9H,3-7H2,1-2H3,(H,12,13). The number of fused-ring (bicyclic) bond motifs is 1. The van der Waals surface area contributed by atoms with Crippen molar-refractivity contribution in [2.45, 2.75) is 39.5 Å². The molecule has 0 heterocycles. The lowest BCUT2D eigenvalue weighted by Gasteiger charge is -2.15. The highest BCUT2D eigenvalue weighted by Crippen LogP contribution is 2.65. The van der Waals surface area contributed by atoms with Crippen LogP contribution in [0.25, 0.3) is 0 Å². The number of rotatable bonds is 2. The molecule has 0 aromatic heterocycles. The van der Waals surface area contributed by atoms with Gasteiger partial charge < -0.3 is 5.32 Å². The van der Waals surface area contributed by atoms with Crippen molar-refractivity contribution in [3.8, 4) is 0 Å². The minimum absolute atomic E-state index is 0.303. The van der Waals surface area contributed by atoms with Crippen molar-refractivity contribution in [3.05, 3.63) is 0 Å². The Morgan fingerprint density at radius 1 is 1.54 bits per heavy atom. The van der Waals surface area contributed by atoms with E-state index in [1.54, 1.807) is 0 Å². The fourth-order valence-corrected chi connectivity index (χ4v) is 3.13. The van der Waals surface area contributed by atoms with Gasteiger partial charge in [-0.3, -0.25) is 4.79 Å². The monoisotopic (exact) mass is 181 g/mol. The quantitative estimate of drug-likeness (QED) is 0.693. The maximum absolute atomic E-state index is 11.7. The molecule has 2 aliphatic carbocycles. The molecule has 1 N–H and O–H groups in total.